The van der Waals surface area contributed by atoms with Gasteiger partial charge >= 0.3 is 5.97 Å². The lowest BCUT2D eigenvalue weighted by Crippen LogP contribution is -2.31. The van der Waals surface area contributed by atoms with E-state index in [2.05, 4.69) is 10.3 Å². The quantitative estimate of drug-likeness (QED) is 0.693. The maximum absolute atomic E-state index is 12.3. The molecule has 5 nitrogen and oxygen atoms in total. The molecule has 1 atom stereocenters. The SMILES string of the molecule is CC(NC(=O)COC(=O)c1cccc2ncccc12)c1ccc(Cl)cc1. The minimum atomic E-state index is -0.558. The first kappa shape index (κ1) is 17.9. The summed E-state index contributed by atoms with van der Waals surface area (Å²) in [7, 11) is 0. The average Bonchev–Trinajstić information content (AvgIpc) is 2.66. The summed E-state index contributed by atoms with van der Waals surface area (Å²) in [5.74, 6) is -0.933. The summed E-state index contributed by atoms with van der Waals surface area (Å²) in [6.45, 7) is 1.49. The number of carbonyl (C=O) groups excluding carboxylic acids is 2. The normalized spacial score (nSPS) is 11.8. The molecule has 1 aromatic heterocycles. The summed E-state index contributed by atoms with van der Waals surface area (Å²) >= 11 is 5.86. The van der Waals surface area contributed by atoms with Crippen LogP contribution in [0.25, 0.3) is 10.9 Å². The van der Waals surface area contributed by atoms with Gasteiger partial charge in [-0.2, -0.15) is 0 Å². The third-order valence-electron chi connectivity index (χ3n) is 3.95. The van der Waals surface area contributed by atoms with E-state index in [9.17, 15) is 9.59 Å². The van der Waals surface area contributed by atoms with Gasteiger partial charge < -0.3 is 10.1 Å². The Morgan fingerprint density at radius 2 is 1.88 bits per heavy atom. The number of pyridine rings is 1. The molecule has 0 aliphatic rings. The summed E-state index contributed by atoms with van der Waals surface area (Å²) in [6, 6.07) is 15.7. The highest BCUT2D eigenvalue weighted by molar-refractivity contribution is 6.30. The molecule has 1 amide bonds. The Labute approximate surface area is 156 Å². The Morgan fingerprint density at radius 3 is 2.65 bits per heavy atom. The summed E-state index contributed by atoms with van der Waals surface area (Å²) in [4.78, 5) is 28.6. The minimum absolute atomic E-state index is 0.222. The summed E-state index contributed by atoms with van der Waals surface area (Å²) in [5, 5.41) is 4.11. The molecule has 1 N–H and O–H groups in total. The van der Waals surface area contributed by atoms with Gasteiger partial charge in [0.1, 0.15) is 0 Å². The first-order valence-electron chi connectivity index (χ1n) is 8.10. The molecule has 1 heterocycles. The lowest BCUT2D eigenvalue weighted by Gasteiger charge is -2.14. The van der Waals surface area contributed by atoms with Gasteiger partial charge in [-0.25, -0.2) is 4.79 Å². The molecule has 2 aromatic carbocycles. The monoisotopic (exact) mass is 368 g/mol. The molecule has 1 unspecified atom stereocenters. The van der Waals surface area contributed by atoms with Crippen LogP contribution < -0.4 is 5.32 Å². The zero-order valence-electron chi connectivity index (χ0n) is 14.1. The molecule has 0 saturated carbocycles. The zero-order chi connectivity index (χ0) is 18.5. The van der Waals surface area contributed by atoms with Gasteiger partial charge in [0.25, 0.3) is 5.91 Å². The first-order valence-corrected chi connectivity index (χ1v) is 8.48. The second-order valence-corrected chi connectivity index (χ2v) is 6.23. The molecule has 0 fully saturated rings. The summed E-state index contributed by atoms with van der Waals surface area (Å²) in [5.41, 5.74) is 1.99. The molecule has 26 heavy (non-hydrogen) atoms. The van der Waals surface area contributed by atoms with E-state index in [1.807, 2.05) is 25.1 Å². The number of rotatable bonds is 5. The largest absolute Gasteiger partial charge is 0.452 e. The number of nitrogens with one attached hydrogen (secondary N) is 1. The molecule has 0 radical (unpaired) electrons. The van der Waals surface area contributed by atoms with Crippen molar-refractivity contribution in [2.75, 3.05) is 6.61 Å². The Bertz CT molecular complexity index is 936. The van der Waals surface area contributed by atoms with Crippen LogP contribution in [0.4, 0.5) is 0 Å². The molecule has 0 saturated heterocycles. The molecular weight excluding hydrogens is 352 g/mol. The van der Waals surface area contributed by atoms with Gasteiger partial charge in [-0.1, -0.05) is 35.9 Å². The molecule has 0 bridgehead atoms. The summed E-state index contributed by atoms with van der Waals surface area (Å²) in [6.07, 6.45) is 1.66. The number of hydrogen-bond donors (Lipinski definition) is 1. The van der Waals surface area contributed by atoms with Crippen molar-refractivity contribution in [3.8, 4) is 0 Å². The fraction of sp³-hybridized carbons (Fsp3) is 0.150. The third-order valence-corrected chi connectivity index (χ3v) is 4.20. The molecule has 3 aromatic rings. The number of halogens is 1. The number of benzene rings is 2. The molecule has 3 rings (SSSR count). The lowest BCUT2D eigenvalue weighted by molar-refractivity contribution is -0.124. The minimum Gasteiger partial charge on any atom is -0.452 e. The van der Waals surface area contributed by atoms with E-state index in [1.54, 1.807) is 42.6 Å². The van der Waals surface area contributed by atoms with Crippen LogP contribution in [-0.4, -0.2) is 23.5 Å². The van der Waals surface area contributed by atoms with Crippen LogP contribution in [0.3, 0.4) is 0 Å². The van der Waals surface area contributed by atoms with Gasteiger partial charge in [0.2, 0.25) is 0 Å². The van der Waals surface area contributed by atoms with E-state index < -0.39 is 5.97 Å². The molecule has 6 heteroatoms. The fourth-order valence-electron chi connectivity index (χ4n) is 2.61. The van der Waals surface area contributed by atoms with Gasteiger partial charge in [-0.3, -0.25) is 9.78 Å². The van der Waals surface area contributed by atoms with Gasteiger partial charge in [0, 0.05) is 16.6 Å². The first-order chi connectivity index (χ1) is 12.5. The molecule has 0 aliphatic heterocycles. The van der Waals surface area contributed by atoms with Crippen LogP contribution in [0, 0.1) is 0 Å². The number of hydrogen-bond acceptors (Lipinski definition) is 4. The van der Waals surface area contributed by atoms with E-state index in [0.717, 1.165) is 5.56 Å². The highest BCUT2D eigenvalue weighted by Crippen LogP contribution is 2.18. The third kappa shape index (κ3) is 4.18. The predicted molar refractivity (Wildman–Crippen MR) is 100 cm³/mol. The Kier molecular flexibility index (Phi) is 5.49. The second-order valence-electron chi connectivity index (χ2n) is 5.79. The van der Waals surface area contributed by atoms with Crippen LogP contribution in [-0.2, 0) is 9.53 Å². The highest BCUT2D eigenvalue weighted by atomic mass is 35.5. The number of nitrogens with zero attached hydrogens (tertiary/aromatic N) is 1. The van der Waals surface area contributed by atoms with E-state index in [0.29, 0.717) is 21.5 Å². The van der Waals surface area contributed by atoms with E-state index in [1.165, 1.54) is 0 Å². The van der Waals surface area contributed by atoms with Crippen LogP contribution in [0.5, 0.6) is 0 Å². The standard InChI is InChI=1S/C20H17ClN2O3/c1-13(14-7-9-15(21)10-8-14)23-19(24)12-26-20(25)17-4-2-6-18-16(17)5-3-11-22-18/h2-11,13H,12H2,1H3,(H,23,24). The molecular formula is C20H17ClN2O3. The van der Waals surface area contributed by atoms with Crippen molar-refractivity contribution in [3.63, 3.8) is 0 Å². The molecule has 0 spiro atoms. The number of amides is 1. The topological polar surface area (TPSA) is 68.3 Å². The van der Waals surface area contributed by atoms with Crippen LogP contribution >= 0.6 is 11.6 Å². The van der Waals surface area contributed by atoms with Crippen molar-refractivity contribution in [3.05, 3.63) is 76.9 Å². The van der Waals surface area contributed by atoms with Crippen LogP contribution in [0.2, 0.25) is 5.02 Å². The Balaban J connectivity index is 1.60. The summed E-state index contributed by atoms with van der Waals surface area (Å²) < 4.78 is 5.15. The zero-order valence-corrected chi connectivity index (χ0v) is 14.9. The number of esters is 1. The molecule has 132 valence electrons. The number of aromatic nitrogens is 1. The lowest BCUT2D eigenvalue weighted by atomic mass is 10.1. The van der Waals surface area contributed by atoms with Crippen molar-refractivity contribution in [1.82, 2.24) is 10.3 Å². The van der Waals surface area contributed by atoms with Crippen molar-refractivity contribution in [1.29, 1.82) is 0 Å². The van der Waals surface area contributed by atoms with Crippen LogP contribution in [0.15, 0.2) is 60.8 Å². The van der Waals surface area contributed by atoms with Crippen molar-refractivity contribution >= 4 is 34.4 Å². The number of fused-ring (bicyclic) bond motifs is 1. The van der Waals surface area contributed by atoms with Crippen molar-refractivity contribution < 1.29 is 14.3 Å². The van der Waals surface area contributed by atoms with Gasteiger partial charge in [0.05, 0.1) is 17.1 Å². The number of ether oxygens (including phenoxy) is 1. The van der Waals surface area contributed by atoms with E-state index in [4.69, 9.17) is 16.3 Å². The van der Waals surface area contributed by atoms with Gasteiger partial charge in [0.15, 0.2) is 6.61 Å². The predicted octanol–water partition coefficient (Wildman–Crippen LogP) is 3.92. The maximum Gasteiger partial charge on any atom is 0.339 e. The van der Waals surface area contributed by atoms with Gasteiger partial charge in [-0.15, -0.1) is 0 Å². The number of carbonyl (C=O) groups is 2. The molecule has 0 aliphatic carbocycles. The second kappa shape index (κ2) is 7.97. The fourth-order valence-corrected chi connectivity index (χ4v) is 2.73. The van der Waals surface area contributed by atoms with Crippen molar-refractivity contribution in [2.24, 2.45) is 0 Å². The Hall–Kier alpha value is -2.92. The highest BCUT2D eigenvalue weighted by Gasteiger charge is 2.15. The van der Waals surface area contributed by atoms with Gasteiger partial charge in [-0.05, 0) is 42.8 Å². The van der Waals surface area contributed by atoms with E-state index >= 15 is 0 Å². The van der Waals surface area contributed by atoms with E-state index in [-0.39, 0.29) is 18.6 Å². The maximum atomic E-state index is 12.3. The van der Waals surface area contributed by atoms with Crippen LogP contribution in [0.1, 0.15) is 28.9 Å². The van der Waals surface area contributed by atoms with Crippen molar-refractivity contribution in [2.45, 2.75) is 13.0 Å². The average molecular weight is 369 g/mol. The smallest absolute Gasteiger partial charge is 0.339 e. The Morgan fingerprint density at radius 1 is 1.12 bits per heavy atom.